The Morgan fingerprint density at radius 3 is 2.25 bits per heavy atom. The van der Waals surface area contributed by atoms with E-state index in [2.05, 4.69) is 5.32 Å². The van der Waals surface area contributed by atoms with Crippen molar-refractivity contribution < 1.29 is 22.7 Å². The summed E-state index contributed by atoms with van der Waals surface area (Å²) < 4.78 is 32.5. The van der Waals surface area contributed by atoms with Gasteiger partial charge in [0.1, 0.15) is 0 Å². The molecule has 0 fully saturated rings. The number of carbonyl (C=O) groups excluding carboxylic acids is 2. The summed E-state index contributed by atoms with van der Waals surface area (Å²) in [6.45, 7) is 3.36. The molecular weight excluding hydrogens is 428 g/mol. The Kier molecular flexibility index (Phi) is 6.95. The summed E-state index contributed by atoms with van der Waals surface area (Å²) in [6, 6.07) is 21.4. The zero-order chi connectivity index (χ0) is 23.3. The minimum absolute atomic E-state index is 0.0303. The van der Waals surface area contributed by atoms with Gasteiger partial charge in [-0.25, -0.2) is 13.2 Å². The number of carbonyl (C=O) groups is 2. The number of nitrogens with one attached hydrogen (secondary N) is 1. The van der Waals surface area contributed by atoms with Gasteiger partial charge in [0.15, 0.2) is 6.10 Å². The van der Waals surface area contributed by atoms with Gasteiger partial charge < -0.3 is 10.1 Å². The second-order valence-electron chi connectivity index (χ2n) is 7.24. The average molecular weight is 453 g/mol. The molecule has 1 unspecified atom stereocenters. The minimum Gasteiger partial charge on any atom is -0.449 e. The third-order valence-corrected chi connectivity index (χ3v) is 6.60. The molecule has 0 saturated heterocycles. The van der Waals surface area contributed by atoms with Crippen LogP contribution in [0.15, 0.2) is 83.8 Å². The first-order valence-corrected chi connectivity index (χ1v) is 11.3. The van der Waals surface area contributed by atoms with Crippen molar-refractivity contribution in [1.29, 1.82) is 0 Å². The van der Waals surface area contributed by atoms with Gasteiger partial charge in [0.05, 0.1) is 16.1 Å². The van der Waals surface area contributed by atoms with Crippen molar-refractivity contribution in [2.75, 3.05) is 16.7 Å². The van der Waals surface area contributed by atoms with Crippen molar-refractivity contribution >= 4 is 33.3 Å². The molecule has 32 heavy (non-hydrogen) atoms. The Labute approximate surface area is 187 Å². The number of hydrogen-bond acceptors (Lipinski definition) is 5. The zero-order valence-corrected chi connectivity index (χ0v) is 18.8. The fourth-order valence-corrected chi connectivity index (χ4v) is 4.12. The predicted octanol–water partition coefficient (Wildman–Crippen LogP) is 4.00. The van der Waals surface area contributed by atoms with Gasteiger partial charge >= 0.3 is 5.97 Å². The number of benzene rings is 3. The Hall–Kier alpha value is -3.65. The molecule has 0 saturated carbocycles. The number of hydrogen-bond donors (Lipinski definition) is 1. The van der Waals surface area contributed by atoms with Gasteiger partial charge in [-0.1, -0.05) is 42.0 Å². The Morgan fingerprint density at radius 1 is 0.938 bits per heavy atom. The van der Waals surface area contributed by atoms with Gasteiger partial charge in [-0.05, 0) is 56.3 Å². The lowest BCUT2D eigenvalue weighted by atomic mass is 10.2. The number of rotatable bonds is 7. The number of aryl methyl sites for hydroxylation is 1. The lowest BCUT2D eigenvalue weighted by Gasteiger charge is -2.20. The van der Waals surface area contributed by atoms with Gasteiger partial charge in [0.25, 0.3) is 15.9 Å². The van der Waals surface area contributed by atoms with Crippen molar-refractivity contribution in [1.82, 2.24) is 0 Å². The van der Waals surface area contributed by atoms with Gasteiger partial charge in [0.2, 0.25) is 0 Å². The first-order chi connectivity index (χ1) is 15.2. The van der Waals surface area contributed by atoms with Gasteiger partial charge in [-0.3, -0.25) is 9.10 Å². The summed E-state index contributed by atoms with van der Waals surface area (Å²) in [5.74, 6) is -1.29. The molecule has 8 heteroatoms. The molecule has 3 aromatic rings. The topological polar surface area (TPSA) is 92.8 Å². The summed E-state index contributed by atoms with van der Waals surface area (Å²) in [6.07, 6.45) is -1.07. The van der Waals surface area contributed by atoms with E-state index in [9.17, 15) is 18.0 Å². The predicted molar refractivity (Wildman–Crippen MR) is 123 cm³/mol. The highest BCUT2D eigenvalue weighted by molar-refractivity contribution is 7.92. The standard InChI is InChI=1S/C24H24N2O5S/c1-17-12-14-21(15-13-17)26(3)32(29,30)22-11-7-8-19(16-22)24(28)31-18(2)23(27)25-20-9-5-4-6-10-20/h4-16,18H,1-3H3,(H,25,27). The monoisotopic (exact) mass is 452 g/mol. The van der Waals surface area contributed by atoms with E-state index in [4.69, 9.17) is 4.74 Å². The normalized spacial score (nSPS) is 12.0. The largest absolute Gasteiger partial charge is 0.449 e. The molecule has 0 aliphatic carbocycles. The fourth-order valence-electron chi connectivity index (χ4n) is 2.88. The maximum atomic E-state index is 13.0. The van der Waals surface area contributed by atoms with Crippen LogP contribution in [0.25, 0.3) is 0 Å². The molecule has 7 nitrogen and oxygen atoms in total. The van der Waals surface area contributed by atoms with E-state index in [1.165, 1.54) is 38.2 Å². The van der Waals surface area contributed by atoms with Crippen molar-refractivity contribution in [3.05, 3.63) is 90.0 Å². The first-order valence-electron chi connectivity index (χ1n) is 9.91. The molecule has 0 radical (unpaired) electrons. The smallest absolute Gasteiger partial charge is 0.338 e. The number of esters is 1. The molecule has 0 heterocycles. The van der Waals surface area contributed by atoms with Crippen LogP contribution in [-0.2, 0) is 19.6 Å². The fraction of sp³-hybridized carbons (Fsp3) is 0.167. The van der Waals surface area contributed by atoms with Crippen LogP contribution in [0.5, 0.6) is 0 Å². The van der Waals surface area contributed by atoms with Crippen LogP contribution in [0, 0.1) is 6.92 Å². The zero-order valence-electron chi connectivity index (χ0n) is 18.0. The quantitative estimate of drug-likeness (QED) is 0.547. The van der Waals surface area contributed by atoms with Crippen LogP contribution in [0.1, 0.15) is 22.8 Å². The van der Waals surface area contributed by atoms with E-state index in [1.54, 1.807) is 36.4 Å². The maximum absolute atomic E-state index is 13.0. The van der Waals surface area contributed by atoms with E-state index in [-0.39, 0.29) is 10.5 Å². The van der Waals surface area contributed by atoms with E-state index in [0.717, 1.165) is 9.87 Å². The van der Waals surface area contributed by atoms with Gasteiger partial charge in [0, 0.05) is 12.7 Å². The molecule has 1 N–H and O–H groups in total. The Bertz CT molecular complexity index is 1210. The molecular formula is C24H24N2O5S. The Morgan fingerprint density at radius 2 is 1.59 bits per heavy atom. The number of para-hydroxylation sites is 1. The molecule has 3 rings (SSSR count). The van der Waals surface area contributed by atoms with Gasteiger partial charge in [-0.2, -0.15) is 0 Å². The van der Waals surface area contributed by atoms with Crippen LogP contribution < -0.4 is 9.62 Å². The lowest BCUT2D eigenvalue weighted by Crippen LogP contribution is -2.30. The van der Waals surface area contributed by atoms with E-state index < -0.39 is 28.0 Å². The summed E-state index contributed by atoms with van der Waals surface area (Å²) in [5, 5.41) is 2.65. The van der Waals surface area contributed by atoms with Gasteiger partial charge in [-0.15, -0.1) is 0 Å². The summed E-state index contributed by atoms with van der Waals surface area (Å²) in [7, 11) is -2.45. The molecule has 3 aromatic carbocycles. The molecule has 1 atom stereocenters. The van der Waals surface area contributed by atoms with Crippen molar-refractivity contribution in [3.8, 4) is 0 Å². The van der Waals surface area contributed by atoms with Crippen LogP contribution >= 0.6 is 0 Å². The highest BCUT2D eigenvalue weighted by Gasteiger charge is 2.24. The highest BCUT2D eigenvalue weighted by Crippen LogP contribution is 2.23. The Balaban J connectivity index is 1.73. The molecule has 0 aromatic heterocycles. The molecule has 1 amide bonds. The second-order valence-corrected chi connectivity index (χ2v) is 9.21. The third-order valence-electron chi connectivity index (χ3n) is 4.82. The van der Waals surface area contributed by atoms with Crippen molar-refractivity contribution in [3.63, 3.8) is 0 Å². The van der Waals surface area contributed by atoms with Crippen LogP contribution in [0.4, 0.5) is 11.4 Å². The number of ether oxygens (including phenoxy) is 1. The van der Waals surface area contributed by atoms with E-state index in [0.29, 0.717) is 11.4 Å². The highest BCUT2D eigenvalue weighted by atomic mass is 32.2. The lowest BCUT2D eigenvalue weighted by molar-refractivity contribution is -0.123. The molecule has 0 spiro atoms. The summed E-state index contributed by atoms with van der Waals surface area (Å²) in [4.78, 5) is 24.8. The first kappa shape index (κ1) is 23.0. The number of sulfonamides is 1. The van der Waals surface area contributed by atoms with Crippen molar-refractivity contribution in [2.24, 2.45) is 0 Å². The second kappa shape index (κ2) is 9.65. The number of amides is 1. The molecule has 0 aliphatic rings. The van der Waals surface area contributed by atoms with Crippen LogP contribution in [0.3, 0.4) is 0 Å². The third kappa shape index (κ3) is 5.33. The van der Waals surface area contributed by atoms with E-state index >= 15 is 0 Å². The SMILES string of the molecule is Cc1ccc(N(C)S(=O)(=O)c2cccc(C(=O)OC(C)C(=O)Nc3ccccc3)c2)cc1. The molecule has 0 aliphatic heterocycles. The summed E-state index contributed by atoms with van der Waals surface area (Å²) >= 11 is 0. The average Bonchev–Trinajstić information content (AvgIpc) is 2.79. The van der Waals surface area contributed by atoms with Crippen LogP contribution in [0.2, 0.25) is 0 Å². The van der Waals surface area contributed by atoms with E-state index in [1.807, 2.05) is 25.1 Å². The van der Waals surface area contributed by atoms with Crippen LogP contribution in [-0.4, -0.2) is 33.4 Å². The minimum atomic E-state index is -3.90. The maximum Gasteiger partial charge on any atom is 0.338 e. The molecule has 0 bridgehead atoms. The summed E-state index contributed by atoms with van der Waals surface area (Å²) in [5.41, 5.74) is 2.11. The number of anilines is 2. The number of nitrogens with zero attached hydrogens (tertiary/aromatic N) is 1. The molecule has 166 valence electrons. The van der Waals surface area contributed by atoms with Crippen molar-refractivity contribution in [2.45, 2.75) is 24.8 Å².